The number of hydrogen-bond acceptors (Lipinski definition) is 7. The minimum absolute atomic E-state index is 0.103. The van der Waals surface area contributed by atoms with Crippen molar-refractivity contribution >= 4 is 41.5 Å². The summed E-state index contributed by atoms with van der Waals surface area (Å²) in [5.41, 5.74) is 2.13. The van der Waals surface area contributed by atoms with Gasteiger partial charge in [0.15, 0.2) is 0 Å². The minimum atomic E-state index is -4.71. The van der Waals surface area contributed by atoms with E-state index in [9.17, 15) is 22.5 Å². The fraction of sp³-hybridized carbons (Fsp3) is 0.190. The first-order chi connectivity index (χ1) is 15.5. The Hall–Kier alpha value is -3.43. The van der Waals surface area contributed by atoms with Crippen molar-refractivity contribution in [1.82, 2.24) is 15.4 Å². The Morgan fingerprint density at radius 1 is 1.03 bits per heavy atom. The number of alkyl halides is 3. The smallest absolute Gasteiger partial charge is 0.339 e. The van der Waals surface area contributed by atoms with Crippen molar-refractivity contribution in [3.63, 3.8) is 0 Å². The topological polar surface area (TPSA) is 105 Å². The largest absolute Gasteiger partial charge is 0.421 e. The van der Waals surface area contributed by atoms with Crippen LogP contribution in [-0.4, -0.2) is 36.3 Å². The van der Waals surface area contributed by atoms with Crippen LogP contribution in [0.3, 0.4) is 0 Å². The number of carbonyl (C=O) groups is 1. The van der Waals surface area contributed by atoms with E-state index in [0.29, 0.717) is 22.8 Å². The molecule has 33 heavy (non-hydrogen) atoms. The lowest BCUT2D eigenvalue weighted by molar-refractivity contribution is -0.137. The maximum absolute atomic E-state index is 13.6. The lowest BCUT2D eigenvalue weighted by atomic mass is 10.2. The van der Waals surface area contributed by atoms with Crippen molar-refractivity contribution in [3.8, 4) is 0 Å². The molecule has 0 saturated heterocycles. The molecule has 0 bridgehead atoms. The van der Waals surface area contributed by atoms with Crippen LogP contribution >= 0.6 is 7.14 Å². The van der Waals surface area contributed by atoms with Gasteiger partial charge in [-0.15, -0.1) is 0 Å². The van der Waals surface area contributed by atoms with Crippen LogP contribution in [0.1, 0.15) is 15.9 Å². The maximum Gasteiger partial charge on any atom is 0.421 e. The summed E-state index contributed by atoms with van der Waals surface area (Å²) in [6, 6.07) is 12.5. The normalized spacial score (nSPS) is 11.7. The number of hydrogen-bond donors (Lipinski definition) is 3. The molecule has 2 aromatic carbocycles. The average molecular weight is 479 g/mol. The van der Waals surface area contributed by atoms with Gasteiger partial charge < -0.3 is 15.2 Å². The average Bonchev–Trinajstić information content (AvgIpc) is 2.73. The van der Waals surface area contributed by atoms with Gasteiger partial charge in [0.05, 0.1) is 12.8 Å². The fourth-order valence-corrected chi connectivity index (χ4v) is 4.06. The van der Waals surface area contributed by atoms with E-state index in [4.69, 9.17) is 0 Å². The lowest BCUT2D eigenvalue weighted by Gasteiger charge is -2.18. The Kier molecular flexibility index (Phi) is 7.04. The predicted octanol–water partition coefficient (Wildman–Crippen LogP) is 4.52. The van der Waals surface area contributed by atoms with E-state index in [1.54, 1.807) is 30.3 Å². The number of nitrogens with one attached hydrogen (secondary N) is 3. The van der Waals surface area contributed by atoms with Crippen LogP contribution in [0.2, 0.25) is 0 Å². The van der Waals surface area contributed by atoms with E-state index >= 15 is 0 Å². The van der Waals surface area contributed by atoms with Crippen molar-refractivity contribution < 1.29 is 27.4 Å². The molecule has 12 heteroatoms. The van der Waals surface area contributed by atoms with Crippen LogP contribution in [0, 0.1) is 0 Å². The second-order valence-electron chi connectivity index (χ2n) is 7.28. The number of para-hydroxylation sites is 1. The van der Waals surface area contributed by atoms with Crippen molar-refractivity contribution in [2.45, 2.75) is 6.18 Å². The number of halogens is 3. The van der Waals surface area contributed by atoms with E-state index in [1.165, 1.54) is 38.6 Å². The van der Waals surface area contributed by atoms with Gasteiger partial charge in [0.1, 0.15) is 18.5 Å². The number of carbonyl (C=O) groups excluding carboxylic acids is 1. The van der Waals surface area contributed by atoms with Crippen LogP contribution in [0.15, 0.2) is 54.7 Å². The van der Waals surface area contributed by atoms with E-state index < -0.39 is 30.6 Å². The quantitative estimate of drug-likeness (QED) is 0.338. The van der Waals surface area contributed by atoms with Crippen LogP contribution in [0.25, 0.3) is 0 Å². The first-order valence-corrected chi connectivity index (χ1v) is 12.2. The molecule has 0 spiro atoms. The Balaban J connectivity index is 1.93. The lowest BCUT2D eigenvalue weighted by Crippen LogP contribution is -2.21. The molecule has 0 atom stereocenters. The number of benzene rings is 2. The molecular formula is C21H21F3N5O3P. The van der Waals surface area contributed by atoms with Crippen LogP contribution in [-0.2, 0) is 15.6 Å². The highest BCUT2D eigenvalue weighted by Crippen LogP contribution is 2.40. The number of anilines is 4. The summed E-state index contributed by atoms with van der Waals surface area (Å²) < 4.78 is 53.3. The van der Waals surface area contributed by atoms with E-state index in [1.807, 2.05) is 0 Å². The van der Waals surface area contributed by atoms with Gasteiger partial charge in [-0.25, -0.2) is 10.5 Å². The van der Waals surface area contributed by atoms with Crippen molar-refractivity contribution in [1.29, 1.82) is 0 Å². The molecule has 174 valence electrons. The molecule has 0 fully saturated rings. The third-order valence-corrected chi connectivity index (χ3v) is 5.98. The summed E-state index contributed by atoms with van der Waals surface area (Å²) in [6.07, 6.45) is -4.05. The summed E-state index contributed by atoms with van der Waals surface area (Å²) >= 11 is 0. The third-order valence-electron chi connectivity index (χ3n) is 4.43. The standard InChI is InChI=1S/C21H21F3N5O3P/c1-32-29-19(30)13-8-10-14(11-9-13)26-20-25-12-15(21(22,23)24)18(28-20)27-16-6-4-5-7-17(16)33(2,3)31/h4-12H,1-3H3,(H,29,30)(H2,25,26,27,28). The molecule has 0 unspecified atom stereocenters. The summed E-state index contributed by atoms with van der Waals surface area (Å²) in [5.74, 6) is -1.05. The molecular weight excluding hydrogens is 458 g/mol. The predicted molar refractivity (Wildman–Crippen MR) is 120 cm³/mol. The fourth-order valence-electron chi connectivity index (χ4n) is 2.91. The van der Waals surface area contributed by atoms with Gasteiger partial charge in [-0.3, -0.25) is 9.63 Å². The molecule has 3 N–H and O–H groups in total. The molecule has 0 aliphatic carbocycles. The first-order valence-electron chi connectivity index (χ1n) is 9.55. The molecule has 8 nitrogen and oxygen atoms in total. The highest BCUT2D eigenvalue weighted by molar-refractivity contribution is 7.70. The summed E-state index contributed by atoms with van der Waals surface area (Å²) in [7, 11) is -1.47. The molecule has 3 rings (SSSR count). The first kappa shape index (κ1) is 24.2. The van der Waals surface area contributed by atoms with Gasteiger partial charge in [-0.05, 0) is 49.7 Å². The number of aromatic nitrogens is 2. The molecule has 1 amide bonds. The zero-order valence-electron chi connectivity index (χ0n) is 17.9. The van der Waals surface area contributed by atoms with Crippen LogP contribution in [0.5, 0.6) is 0 Å². The Labute approximate surface area is 187 Å². The Morgan fingerprint density at radius 3 is 2.30 bits per heavy atom. The maximum atomic E-state index is 13.6. The van der Waals surface area contributed by atoms with Crippen LogP contribution < -0.4 is 21.4 Å². The number of amides is 1. The number of hydroxylamine groups is 1. The van der Waals surface area contributed by atoms with Crippen LogP contribution in [0.4, 0.5) is 36.3 Å². The summed E-state index contributed by atoms with van der Waals surface area (Å²) in [6.45, 7) is 3.06. The van der Waals surface area contributed by atoms with Gasteiger partial charge in [-0.2, -0.15) is 18.2 Å². The second kappa shape index (κ2) is 9.60. The zero-order valence-corrected chi connectivity index (χ0v) is 18.8. The number of nitrogens with zero attached hydrogens (tertiary/aromatic N) is 2. The number of rotatable bonds is 7. The van der Waals surface area contributed by atoms with E-state index in [2.05, 4.69) is 30.9 Å². The minimum Gasteiger partial charge on any atom is -0.339 e. The molecule has 0 aliphatic rings. The van der Waals surface area contributed by atoms with E-state index in [0.717, 1.165) is 0 Å². The van der Waals surface area contributed by atoms with Gasteiger partial charge in [-0.1, -0.05) is 12.1 Å². The molecule has 0 saturated carbocycles. The highest BCUT2D eigenvalue weighted by atomic mass is 31.2. The van der Waals surface area contributed by atoms with Gasteiger partial charge in [0.2, 0.25) is 5.95 Å². The van der Waals surface area contributed by atoms with Crippen molar-refractivity contribution in [2.75, 3.05) is 31.1 Å². The zero-order chi connectivity index (χ0) is 24.2. The summed E-state index contributed by atoms with van der Waals surface area (Å²) in [4.78, 5) is 24.1. The van der Waals surface area contributed by atoms with Crippen molar-refractivity contribution in [3.05, 3.63) is 65.9 Å². The Morgan fingerprint density at radius 2 is 1.70 bits per heavy atom. The monoisotopic (exact) mass is 479 g/mol. The van der Waals surface area contributed by atoms with Gasteiger partial charge in [0.25, 0.3) is 5.91 Å². The molecule has 1 aromatic heterocycles. The SMILES string of the molecule is CONC(=O)c1ccc(Nc2ncc(C(F)(F)F)c(Nc3ccccc3P(C)(C)=O)n2)cc1. The molecule has 1 heterocycles. The molecule has 0 aliphatic heterocycles. The summed E-state index contributed by atoms with van der Waals surface area (Å²) in [5, 5.41) is 5.87. The third kappa shape index (κ3) is 6.09. The molecule has 3 aromatic rings. The van der Waals surface area contributed by atoms with Gasteiger partial charge in [0, 0.05) is 22.8 Å². The highest BCUT2D eigenvalue weighted by Gasteiger charge is 2.35. The second-order valence-corrected chi connectivity index (χ2v) is 10.5. The van der Waals surface area contributed by atoms with Gasteiger partial charge >= 0.3 is 6.18 Å². The Bertz CT molecular complexity index is 1200. The van der Waals surface area contributed by atoms with E-state index in [-0.39, 0.29) is 11.6 Å². The van der Waals surface area contributed by atoms with Crippen molar-refractivity contribution in [2.24, 2.45) is 0 Å². The molecule has 0 radical (unpaired) electrons.